The van der Waals surface area contributed by atoms with Crippen LogP contribution in [-0.4, -0.2) is 45.4 Å². The van der Waals surface area contributed by atoms with Gasteiger partial charge in [0.05, 0.1) is 23.9 Å². The number of hydrogen-bond acceptors (Lipinski definition) is 7. The summed E-state index contributed by atoms with van der Waals surface area (Å²) in [4.78, 5) is 4.74. The maximum absolute atomic E-state index is 10.2. The first kappa shape index (κ1) is 21.4. The van der Waals surface area contributed by atoms with Crippen LogP contribution in [0.25, 0.3) is 5.65 Å². The Morgan fingerprint density at radius 3 is 3.03 bits per heavy atom. The summed E-state index contributed by atoms with van der Waals surface area (Å²) in [5.41, 5.74) is 3.35. The third-order valence-corrected chi connectivity index (χ3v) is 6.04. The van der Waals surface area contributed by atoms with E-state index in [1.807, 2.05) is 18.2 Å². The van der Waals surface area contributed by atoms with E-state index in [-0.39, 0.29) is 5.92 Å². The van der Waals surface area contributed by atoms with Gasteiger partial charge < -0.3 is 21.1 Å². The molecule has 1 aromatic carbocycles. The largest absolute Gasteiger partial charge is 0.391 e. The summed E-state index contributed by atoms with van der Waals surface area (Å²) in [6.45, 7) is 4.63. The first-order valence-corrected chi connectivity index (χ1v) is 10.9. The smallest absolute Gasteiger partial charge is 0.162 e. The average molecular weight is 440 g/mol. The number of β-amino-alcohol motifs (C(OH)–C–C–N with tert-alkyl or cyclic N) is 1. The Kier molecular flexibility index (Phi) is 6.56. The number of nitrogens with zero attached hydrogens (tertiary/aromatic N) is 4. The Morgan fingerprint density at radius 2 is 2.26 bits per heavy atom. The Bertz CT molecular complexity index is 1110. The highest BCUT2D eigenvalue weighted by atomic mass is 35.5. The maximum Gasteiger partial charge on any atom is 0.162 e. The summed E-state index contributed by atoms with van der Waals surface area (Å²) in [5, 5.41) is 34.2. The molecule has 2 atom stereocenters. The number of hydrogen-bond donors (Lipinski definition) is 4. The molecule has 0 saturated carbocycles. The number of aliphatic hydroxyl groups is 1. The van der Waals surface area contributed by atoms with Crippen molar-refractivity contribution in [3.63, 3.8) is 0 Å². The van der Waals surface area contributed by atoms with Gasteiger partial charge in [0.25, 0.3) is 0 Å². The second-order valence-corrected chi connectivity index (χ2v) is 8.13. The summed E-state index contributed by atoms with van der Waals surface area (Å²) in [7, 11) is 0. The van der Waals surface area contributed by atoms with Crippen LogP contribution in [0.4, 0.5) is 11.6 Å². The van der Waals surface area contributed by atoms with Crippen LogP contribution in [0.1, 0.15) is 30.0 Å². The van der Waals surface area contributed by atoms with Crippen molar-refractivity contribution >= 4 is 28.9 Å². The molecule has 31 heavy (non-hydrogen) atoms. The number of benzene rings is 1. The number of anilines is 2. The van der Waals surface area contributed by atoms with E-state index in [1.54, 1.807) is 16.8 Å². The van der Waals surface area contributed by atoms with Crippen molar-refractivity contribution in [2.75, 3.05) is 30.3 Å². The first-order valence-electron chi connectivity index (χ1n) is 10.5. The molecule has 4 N–H and O–H groups in total. The lowest BCUT2D eigenvalue weighted by Crippen LogP contribution is -2.43. The van der Waals surface area contributed by atoms with Crippen molar-refractivity contribution < 1.29 is 5.11 Å². The number of halogens is 1. The minimum atomic E-state index is -0.394. The lowest BCUT2D eigenvalue weighted by molar-refractivity contribution is 0.0883. The number of aryl methyl sites for hydroxylation is 1. The standard InChI is InChI=1S/C22H26ClN7O/c1-2-16-12-28-30-21(16)29-20(26-11-17-6-7-25-13-18(17)31)19(23)22(30)27-10-15-5-3-4-14(8-15)9-24/h3-5,8,12,17-18,25,27,31H,2,6-7,10-11,13H2,1H3,(H,26,29)/t17-,18+/m1/s1. The maximum atomic E-state index is 10.2. The molecular weight excluding hydrogens is 414 g/mol. The van der Waals surface area contributed by atoms with E-state index in [2.05, 4.69) is 34.0 Å². The van der Waals surface area contributed by atoms with Crippen LogP contribution in [0.15, 0.2) is 30.5 Å². The van der Waals surface area contributed by atoms with Crippen molar-refractivity contribution in [3.05, 3.63) is 52.2 Å². The lowest BCUT2D eigenvalue weighted by Gasteiger charge is -2.28. The van der Waals surface area contributed by atoms with Gasteiger partial charge in [-0.05, 0) is 37.1 Å². The van der Waals surface area contributed by atoms with Crippen LogP contribution in [0, 0.1) is 17.2 Å². The van der Waals surface area contributed by atoms with Gasteiger partial charge in [0, 0.05) is 31.1 Å². The second kappa shape index (κ2) is 9.52. The van der Waals surface area contributed by atoms with Gasteiger partial charge >= 0.3 is 0 Å². The van der Waals surface area contributed by atoms with Gasteiger partial charge in [0.1, 0.15) is 5.02 Å². The third kappa shape index (κ3) is 4.59. The zero-order valence-corrected chi connectivity index (χ0v) is 18.2. The summed E-state index contributed by atoms with van der Waals surface area (Å²) in [5.74, 6) is 1.35. The van der Waals surface area contributed by atoms with Gasteiger partial charge in [-0.2, -0.15) is 14.9 Å². The highest BCUT2D eigenvalue weighted by molar-refractivity contribution is 6.35. The molecule has 3 aromatic rings. The normalized spacial score (nSPS) is 18.6. The molecule has 4 rings (SSSR count). The van der Waals surface area contributed by atoms with Gasteiger partial charge in [-0.1, -0.05) is 30.7 Å². The number of nitrogens with one attached hydrogen (secondary N) is 3. The van der Waals surface area contributed by atoms with E-state index in [9.17, 15) is 5.11 Å². The molecule has 2 aromatic heterocycles. The van der Waals surface area contributed by atoms with Crippen molar-refractivity contribution in [1.82, 2.24) is 19.9 Å². The Labute approximate surface area is 186 Å². The second-order valence-electron chi connectivity index (χ2n) is 7.75. The predicted octanol–water partition coefficient (Wildman–Crippen LogP) is 2.81. The molecule has 0 aliphatic carbocycles. The van der Waals surface area contributed by atoms with Crippen molar-refractivity contribution in [2.45, 2.75) is 32.4 Å². The predicted molar refractivity (Wildman–Crippen MR) is 121 cm³/mol. The van der Waals surface area contributed by atoms with E-state index < -0.39 is 6.10 Å². The van der Waals surface area contributed by atoms with Crippen molar-refractivity contribution in [1.29, 1.82) is 5.26 Å². The molecule has 162 valence electrons. The molecule has 8 nitrogen and oxygen atoms in total. The number of aliphatic hydroxyl groups excluding tert-OH is 1. The van der Waals surface area contributed by atoms with E-state index in [0.29, 0.717) is 41.9 Å². The minimum Gasteiger partial charge on any atom is -0.391 e. The molecule has 0 bridgehead atoms. The molecular formula is C22H26ClN7O. The monoisotopic (exact) mass is 439 g/mol. The molecule has 1 aliphatic rings. The van der Waals surface area contributed by atoms with Crippen molar-refractivity contribution in [3.8, 4) is 6.07 Å². The summed E-state index contributed by atoms with van der Waals surface area (Å²) < 4.78 is 1.72. The third-order valence-electron chi connectivity index (χ3n) is 5.68. The van der Waals surface area contributed by atoms with Crippen molar-refractivity contribution in [2.24, 2.45) is 5.92 Å². The topological polar surface area (TPSA) is 110 Å². The highest BCUT2D eigenvalue weighted by Crippen LogP contribution is 2.31. The van der Waals surface area contributed by atoms with E-state index >= 15 is 0 Å². The highest BCUT2D eigenvalue weighted by Gasteiger charge is 2.24. The molecule has 0 unspecified atom stereocenters. The van der Waals surface area contributed by atoms with E-state index in [0.717, 1.165) is 36.2 Å². The molecule has 0 radical (unpaired) electrons. The summed E-state index contributed by atoms with van der Waals surface area (Å²) in [6, 6.07) is 9.60. The van der Waals surface area contributed by atoms with Gasteiger partial charge in [-0.3, -0.25) is 0 Å². The summed E-state index contributed by atoms with van der Waals surface area (Å²) in [6.07, 6.45) is 3.10. The molecule has 3 heterocycles. The van der Waals surface area contributed by atoms with Gasteiger partial charge in [0.15, 0.2) is 17.3 Å². The van der Waals surface area contributed by atoms with Crippen LogP contribution in [0.3, 0.4) is 0 Å². The zero-order valence-electron chi connectivity index (χ0n) is 17.4. The number of fused-ring (bicyclic) bond motifs is 1. The van der Waals surface area contributed by atoms with Crippen LogP contribution in [0.2, 0.25) is 5.02 Å². The van der Waals surface area contributed by atoms with Crippen LogP contribution < -0.4 is 16.0 Å². The lowest BCUT2D eigenvalue weighted by atomic mass is 9.95. The fourth-order valence-electron chi connectivity index (χ4n) is 3.84. The van der Waals surface area contributed by atoms with Gasteiger partial charge in [-0.25, -0.2) is 4.98 Å². The van der Waals surface area contributed by atoms with Crippen LogP contribution >= 0.6 is 11.6 Å². The SMILES string of the molecule is CCc1cnn2c(NCc3cccc(C#N)c3)c(Cl)c(NC[C@H]3CCNC[C@@H]3O)nc12. The fraction of sp³-hybridized carbons (Fsp3) is 0.409. The van der Waals surface area contributed by atoms with Gasteiger partial charge in [-0.15, -0.1) is 0 Å². The average Bonchev–Trinajstić information content (AvgIpc) is 3.20. The fourth-order valence-corrected chi connectivity index (χ4v) is 4.09. The molecule has 1 fully saturated rings. The quantitative estimate of drug-likeness (QED) is 0.448. The molecule has 1 saturated heterocycles. The molecule has 1 aliphatic heterocycles. The van der Waals surface area contributed by atoms with Crippen LogP contribution in [-0.2, 0) is 13.0 Å². The zero-order chi connectivity index (χ0) is 21.8. The Hall–Kier alpha value is -2.86. The summed E-state index contributed by atoms with van der Waals surface area (Å²) >= 11 is 6.74. The Morgan fingerprint density at radius 1 is 1.39 bits per heavy atom. The number of piperidine rings is 1. The molecule has 0 spiro atoms. The van der Waals surface area contributed by atoms with E-state index in [4.69, 9.17) is 21.8 Å². The van der Waals surface area contributed by atoms with Crippen LogP contribution in [0.5, 0.6) is 0 Å². The molecule has 9 heteroatoms. The number of nitriles is 1. The Balaban J connectivity index is 1.62. The first-order chi connectivity index (χ1) is 15.1. The molecule has 0 amide bonds. The van der Waals surface area contributed by atoms with E-state index in [1.165, 1.54) is 0 Å². The minimum absolute atomic E-state index is 0.135. The van der Waals surface area contributed by atoms with Gasteiger partial charge in [0.2, 0.25) is 0 Å². The number of aromatic nitrogens is 3. The number of rotatable bonds is 7.